The van der Waals surface area contributed by atoms with Gasteiger partial charge in [-0.05, 0) is 37.6 Å². The Balaban J connectivity index is 1.35. The second-order valence-electron chi connectivity index (χ2n) is 10.3. The monoisotopic (exact) mass is 553 g/mol. The molecule has 0 aromatic heterocycles. The summed E-state index contributed by atoms with van der Waals surface area (Å²) in [7, 11) is 1.76. The Morgan fingerprint density at radius 2 is 1.90 bits per heavy atom. The molecule has 0 spiro atoms. The van der Waals surface area contributed by atoms with Crippen LogP contribution in [0.15, 0.2) is 54.3 Å². The van der Waals surface area contributed by atoms with Crippen molar-refractivity contribution in [3.05, 3.63) is 71.0 Å². The summed E-state index contributed by atoms with van der Waals surface area (Å²) in [5.41, 5.74) is -0.598. The number of carbonyl (C=O) groups is 3. The van der Waals surface area contributed by atoms with Crippen LogP contribution in [0.4, 0.5) is 0 Å². The summed E-state index contributed by atoms with van der Waals surface area (Å²) in [6, 6.07) is 10.7. The van der Waals surface area contributed by atoms with E-state index in [9.17, 15) is 34.8 Å². The number of carbonyl (C=O) groups excluding carboxylic acids is 2. The Morgan fingerprint density at radius 3 is 2.55 bits per heavy atom. The minimum Gasteiger partial charge on any atom is -0.504 e. The lowest BCUT2D eigenvalue weighted by molar-refractivity contribution is -0.172. The Morgan fingerprint density at radius 1 is 1.18 bits per heavy atom. The van der Waals surface area contributed by atoms with Crippen molar-refractivity contribution in [2.45, 2.75) is 68.0 Å². The molecule has 11 nitrogen and oxygen atoms in total. The minimum atomic E-state index is -1.99. The Kier molecular flexibility index (Phi) is 7.07. The quantitative estimate of drug-likeness (QED) is 0.286. The van der Waals surface area contributed by atoms with Gasteiger partial charge in [0.2, 0.25) is 6.10 Å². The topological polar surface area (TPSA) is 172 Å². The molecule has 1 heterocycles. The molecule has 40 heavy (non-hydrogen) atoms. The van der Waals surface area contributed by atoms with Gasteiger partial charge in [-0.3, -0.25) is 4.79 Å². The second kappa shape index (κ2) is 10.2. The van der Waals surface area contributed by atoms with Crippen molar-refractivity contribution in [1.29, 1.82) is 0 Å². The van der Waals surface area contributed by atoms with Crippen molar-refractivity contribution < 1.29 is 49.0 Å². The molecular formula is C29H31NO10. The van der Waals surface area contributed by atoms with Crippen LogP contribution < -0.4 is 10.1 Å². The van der Waals surface area contributed by atoms with E-state index in [0.717, 1.165) is 5.56 Å². The fourth-order valence-electron chi connectivity index (χ4n) is 6.47. The van der Waals surface area contributed by atoms with Gasteiger partial charge in [0, 0.05) is 23.6 Å². The number of hydrogen-bond acceptors (Lipinski definition) is 10. The van der Waals surface area contributed by atoms with Crippen molar-refractivity contribution in [3.63, 3.8) is 0 Å². The van der Waals surface area contributed by atoms with Crippen LogP contribution in [0.2, 0.25) is 0 Å². The number of aliphatic hydroxyl groups excluding tert-OH is 1. The van der Waals surface area contributed by atoms with E-state index in [1.807, 2.05) is 6.92 Å². The zero-order valence-corrected chi connectivity index (χ0v) is 22.0. The number of phenolic OH excluding ortho intramolecular Hbond substituents is 1. The summed E-state index contributed by atoms with van der Waals surface area (Å²) in [4.78, 5) is 37.0. The predicted molar refractivity (Wildman–Crippen MR) is 138 cm³/mol. The molecule has 5 rings (SSSR count). The summed E-state index contributed by atoms with van der Waals surface area (Å²) < 4.78 is 16.7. The van der Waals surface area contributed by atoms with E-state index >= 15 is 0 Å². The fraction of sp³-hybridized carbons (Fsp3) is 0.414. The number of likely N-dealkylation sites (N-methyl/N-ethyl adjacent to an activating group) is 1. The maximum atomic E-state index is 12.9. The van der Waals surface area contributed by atoms with Crippen LogP contribution in [0.5, 0.6) is 11.5 Å². The lowest BCUT2D eigenvalue weighted by atomic mass is 9.52. The second-order valence-corrected chi connectivity index (χ2v) is 10.3. The van der Waals surface area contributed by atoms with Gasteiger partial charge in [-0.2, -0.15) is 0 Å². The highest BCUT2D eigenvalue weighted by Crippen LogP contribution is 2.63. The summed E-state index contributed by atoms with van der Waals surface area (Å²) in [6.45, 7) is 1.89. The molecule has 5 N–H and O–H groups in total. The van der Waals surface area contributed by atoms with Crippen molar-refractivity contribution >= 4 is 17.9 Å². The number of nitrogens with one attached hydrogen (secondary N) is 1. The van der Waals surface area contributed by atoms with E-state index in [1.165, 1.54) is 18.2 Å². The standard InChI is InChI=1S/C29H31NO10/c1-3-28-22-16-9-10-17(31)24(22)39-25(28)19(11-12-29(28,37)20(13-16)30-2)38-21(33)14-18(32)27(36)40-23(26(34)35)15-7-5-4-6-8-15/h4-11,18,20,23,25,30-32,37H,3,12-14H2,1-2H3,(H,34,35)/t18-,20+,23-,25-,28-,29+/m0/s1. The van der Waals surface area contributed by atoms with Crippen molar-refractivity contribution in [2.24, 2.45) is 0 Å². The number of phenols is 1. The highest BCUT2D eigenvalue weighted by atomic mass is 16.6. The number of aliphatic carboxylic acids is 1. The van der Waals surface area contributed by atoms with Crippen LogP contribution in [-0.4, -0.2) is 69.2 Å². The molecule has 0 amide bonds. The maximum Gasteiger partial charge on any atom is 0.349 e. The summed E-state index contributed by atoms with van der Waals surface area (Å²) in [6.07, 6.45) is -2.85. The third-order valence-corrected chi connectivity index (χ3v) is 8.33. The molecule has 11 heteroatoms. The molecule has 0 unspecified atom stereocenters. The SMILES string of the molecule is CC[C@]12c3c4ccc(O)c3O[C@H]1C(OC(=O)C[C@H](O)C(=O)O[C@H](C(=O)O)c1ccccc1)=CC[C@@]2(O)[C@H](NC)C4. The van der Waals surface area contributed by atoms with Crippen molar-refractivity contribution in [1.82, 2.24) is 5.32 Å². The number of carboxylic acid groups (broad SMARTS) is 1. The Bertz CT molecular complexity index is 1370. The first-order valence-electron chi connectivity index (χ1n) is 13.1. The van der Waals surface area contributed by atoms with Crippen LogP contribution in [-0.2, 0) is 35.7 Å². The van der Waals surface area contributed by atoms with Crippen LogP contribution >= 0.6 is 0 Å². The molecule has 2 aromatic carbocycles. The fourth-order valence-corrected chi connectivity index (χ4v) is 6.47. The summed E-state index contributed by atoms with van der Waals surface area (Å²) >= 11 is 0. The average molecular weight is 554 g/mol. The zero-order valence-electron chi connectivity index (χ0n) is 22.0. The maximum absolute atomic E-state index is 12.9. The average Bonchev–Trinajstić information content (AvgIpc) is 3.32. The molecule has 2 aliphatic carbocycles. The predicted octanol–water partition coefficient (Wildman–Crippen LogP) is 1.63. The number of aromatic hydroxyl groups is 1. The van der Waals surface area contributed by atoms with E-state index in [4.69, 9.17) is 14.2 Å². The molecule has 1 aliphatic heterocycles. The van der Waals surface area contributed by atoms with Gasteiger partial charge >= 0.3 is 17.9 Å². The van der Waals surface area contributed by atoms with Crippen LogP contribution in [0, 0.1) is 0 Å². The molecule has 2 aromatic rings. The number of ether oxygens (including phenoxy) is 3. The smallest absolute Gasteiger partial charge is 0.349 e. The van der Waals surface area contributed by atoms with Crippen LogP contribution in [0.25, 0.3) is 0 Å². The van der Waals surface area contributed by atoms with Crippen molar-refractivity contribution in [2.75, 3.05) is 7.05 Å². The first-order chi connectivity index (χ1) is 19.1. The molecule has 6 atom stereocenters. The van der Waals surface area contributed by atoms with Gasteiger partial charge in [0.1, 0.15) is 5.76 Å². The molecular weight excluding hydrogens is 522 g/mol. The lowest BCUT2D eigenvalue weighted by Crippen LogP contribution is -2.70. The van der Waals surface area contributed by atoms with E-state index < -0.39 is 53.7 Å². The summed E-state index contributed by atoms with van der Waals surface area (Å²) in [5, 5.41) is 45.7. The van der Waals surface area contributed by atoms with Crippen LogP contribution in [0.3, 0.4) is 0 Å². The van der Waals surface area contributed by atoms with Gasteiger partial charge in [0.05, 0.1) is 17.4 Å². The number of hydrogen-bond donors (Lipinski definition) is 5. The van der Waals surface area contributed by atoms with Gasteiger partial charge in [-0.15, -0.1) is 0 Å². The van der Waals surface area contributed by atoms with Gasteiger partial charge in [-0.25, -0.2) is 9.59 Å². The zero-order chi connectivity index (χ0) is 28.8. The third-order valence-electron chi connectivity index (χ3n) is 8.33. The molecule has 0 fully saturated rings. The van der Waals surface area contributed by atoms with Crippen molar-refractivity contribution in [3.8, 4) is 11.5 Å². The molecule has 3 aliphatic rings. The first kappa shape index (κ1) is 27.6. The van der Waals surface area contributed by atoms with Gasteiger partial charge in [0.25, 0.3) is 0 Å². The van der Waals surface area contributed by atoms with Gasteiger partial charge in [0.15, 0.2) is 23.7 Å². The van der Waals surface area contributed by atoms with E-state index in [0.29, 0.717) is 18.4 Å². The minimum absolute atomic E-state index is 0.0862. The number of aliphatic hydroxyl groups is 2. The first-order valence-corrected chi connectivity index (χ1v) is 13.1. The highest BCUT2D eigenvalue weighted by Gasteiger charge is 2.69. The third kappa shape index (κ3) is 4.12. The highest BCUT2D eigenvalue weighted by molar-refractivity contribution is 5.85. The molecule has 0 saturated heterocycles. The number of rotatable bonds is 9. The van der Waals surface area contributed by atoms with Crippen LogP contribution in [0.1, 0.15) is 49.0 Å². The molecule has 0 bridgehead atoms. The van der Waals surface area contributed by atoms with Gasteiger partial charge < -0.3 is 40.0 Å². The lowest BCUT2D eigenvalue weighted by Gasteiger charge is -2.56. The molecule has 0 saturated carbocycles. The molecule has 0 radical (unpaired) electrons. The van der Waals surface area contributed by atoms with E-state index in [-0.39, 0.29) is 35.3 Å². The van der Waals surface area contributed by atoms with Gasteiger partial charge in [-0.1, -0.05) is 43.3 Å². The normalized spacial score (nSPS) is 27.4. The Hall–Kier alpha value is -3.93. The van der Waals surface area contributed by atoms with E-state index in [2.05, 4.69) is 5.32 Å². The summed E-state index contributed by atoms with van der Waals surface area (Å²) in [5.74, 6) is -3.50. The van der Waals surface area contributed by atoms with E-state index in [1.54, 1.807) is 37.4 Å². The largest absolute Gasteiger partial charge is 0.504 e. The number of benzene rings is 2. The number of esters is 2. The Labute approximate surface area is 230 Å². The molecule has 212 valence electrons. The number of carboxylic acids is 1.